The molecule has 0 N–H and O–H groups in total. The molecule has 7 nitrogen and oxygen atoms in total. The van der Waals surface area contributed by atoms with E-state index in [9.17, 15) is 0 Å². The highest BCUT2D eigenvalue weighted by Gasteiger charge is 2.19. The van der Waals surface area contributed by atoms with Crippen LogP contribution in [0.1, 0.15) is 11.4 Å². The highest BCUT2D eigenvalue weighted by atomic mass is 16.5. The van der Waals surface area contributed by atoms with Gasteiger partial charge in [0.05, 0.1) is 33.6 Å². The van der Waals surface area contributed by atoms with Gasteiger partial charge in [-0.15, -0.1) is 0 Å². The summed E-state index contributed by atoms with van der Waals surface area (Å²) in [6, 6.07) is 50.0. The Bertz CT molecular complexity index is 2920. The summed E-state index contributed by atoms with van der Waals surface area (Å²) in [6.07, 6.45) is 3.73. The summed E-state index contributed by atoms with van der Waals surface area (Å²) >= 11 is 0. The predicted octanol–water partition coefficient (Wildman–Crippen LogP) is 10.9. The van der Waals surface area contributed by atoms with E-state index in [4.69, 9.17) is 19.8 Å². The van der Waals surface area contributed by atoms with Gasteiger partial charge in [0, 0.05) is 57.3 Å². The van der Waals surface area contributed by atoms with Crippen molar-refractivity contribution in [2.75, 3.05) is 0 Å². The second-order valence-corrected chi connectivity index (χ2v) is 13.1. The first kappa shape index (κ1) is 29.9. The molecule has 0 unspecified atom stereocenters. The molecule has 5 aromatic carbocycles. The SMILES string of the molecule is Cc1nn(-c2ccccc2)c(C)c1-c1ccnc(-n2c3ccccc3c3ccc(Oc4cccc(-n5c6ccccc6c6cccnc65)c4)cc32)c1. The molecule has 7 heteroatoms. The van der Waals surface area contributed by atoms with Gasteiger partial charge in [-0.3, -0.25) is 9.13 Å². The maximum absolute atomic E-state index is 6.63. The quantitative estimate of drug-likeness (QED) is 0.176. The van der Waals surface area contributed by atoms with E-state index < -0.39 is 0 Å². The van der Waals surface area contributed by atoms with Crippen molar-refractivity contribution in [2.24, 2.45) is 0 Å². The molecule has 5 aromatic heterocycles. The third kappa shape index (κ3) is 4.71. The number of pyridine rings is 2. The fourth-order valence-electron chi connectivity index (χ4n) is 7.72. The Labute approximate surface area is 299 Å². The standard InChI is InChI=1S/C45H32N6O/c1-29-44(30(2)51(48-29)32-12-4-3-5-13-32)31-23-25-46-43(26-31)50-41-20-9-6-16-36(41)38-22-21-35(28-42(38)50)52-34-15-10-14-33(27-34)49-40-19-8-7-17-37(40)39-18-11-24-47-45(39)49/h3-28H,1-2H3. The van der Waals surface area contributed by atoms with Gasteiger partial charge in [0.25, 0.3) is 0 Å². The van der Waals surface area contributed by atoms with E-state index in [0.717, 1.165) is 89.6 Å². The van der Waals surface area contributed by atoms with E-state index in [1.165, 1.54) is 5.39 Å². The number of nitrogens with zero attached hydrogens (tertiary/aromatic N) is 6. The summed E-state index contributed by atoms with van der Waals surface area (Å²) in [6.45, 7) is 4.19. The average molecular weight is 673 g/mol. The molecule has 10 aromatic rings. The van der Waals surface area contributed by atoms with Gasteiger partial charge in [-0.1, -0.05) is 60.7 Å². The second kappa shape index (κ2) is 11.8. The van der Waals surface area contributed by atoms with Gasteiger partial charge in [-0.25, -0.2) is 14.6 Å². The molecule has 52 heavy (non-hydrogen) atoms. The average Bonchev–Trinajstić information content (AvgIpc) is 3.81. The van der Waals surface area contributed by atoms with Gasteiger partial charge in [0.1, 0.15) is 23.0 Å². The smallest absolute Gasteiger partial charge is 0.145 e. The minimum Gasteiger partial charge on any atom is -0.457 e. The highest BCUT2D eigenvalue weighted by Crippen LogP contribution is 2.37. The number of aromatic nitrogens is 6. The van der Waals surface area contributed by atoms with Gasteiger partial charge in [-0.05, 0) is 92.2 Å². The third-order valence-electron chi connectivity index (χ3n) is 9.95. The van der Waals surface area contributed by atoms with Crippen LogP contribution in [0.3, 0.4) is 0 Å². The van der Waals surface area contributed by atoms with Gasteiger partial charge in [0.15, 0.2) is 0 Å². The molecule has 0 fully saturated rings. The topological polar surface area (TPSA) is 62.7 Å². The Morgan fingerprint density at radius 1 is 0.500 bits per heavy atom. The minimum absolute atomic E-state index is 0.737. The van der Waals surface area contributed by atoms with Crippen LogP contribution in [-0.4, -0.2) is 28.9 Å². The van der Waals surface area contributed by atoms with Gasteiger partial charge >= 0.3 is 0 Å². The molecule has 248 valence electrons. The number of aryl methyl sites for hydroxylation is 1. The lowest BCUT2D eigenvalue weighted by Crippen LogP contribution is -1.99. The van der Waals surface area contributed by atoms with Crippen molar-refractivity contribution < 1.29 is 4.74 Å². The maximum Gasteiger partial charge on any atom is 0.145 e. The third-order valence-corrected chi connectivity index (χ3v) is 9.95. The molecule has 0 saturated heterocycles. The fraction of sp³-hybridized carbons (Fsp3) is 0.0444. The van der Waals surface area contributed by atoms with Crippen molar-refractivity contribution in [1.82, 2.24) is 28.9 Å². The largest absolute Gasteiger partial charge is 0.457 e. The fourth-order valence-corrected chi connectivity index (χ4v) is 7.72. The molecular formula is C45H32N6O. The van der Waals surface area contributed by atoms with Crippen LogP contribution in [0.4, 0.5) is 0 Å². The Morgan fingerprint density at radius 3 is 2.04 bits per heavy atom. The van der Waals surface area contributed by atoms with Crippen molar-refractivity contribution in [2.45, 2.75) is 13.8 Å². The van der Waals surface area contributed by atoms with Crippen molar-refractivity contribution in [1.29, 1.82) is 0 Å². The minimum atomic E-state index is 0.737. The van der Waals surface area contributed by atoms with E-state index in [0.29, 0.717) is 0 Å². The highest BCUT2D eigenvalue weighted by molar-refractivity contribution is 6.10. The molecule has 0 aliphatic carbocycles. The number of para-hydroxylation sites is 3. The number of hydrogen-bond acceptors (Lipinski definition) is 4. The van der Waals surface area contributed by atoms with Gasteiger partial charge < -0.3 is 4.74 Å². The molecule has 0 atom stereocenters. The molecule has 0 saturated carbocycles. The number of ether oxygens (including phenoxy) is 1. The van der Waals surface area contributed by atoms with Crippen molar-refractivity contribution in [3.05, 3.63) is 169 Å². The number of fused-ring (bicyclic) bond motifs is 6. The molecule has 5 heterocycles. The van der Waals surface area contributed by atoms with Crippen LogP contribution in [-0.2, 0) is 0 Å². The molecule has 0 bridgehead atoms. The summed E-state index contributed by atoms with van der Waals surface area (Å²) < 4.78 is 13.1. The number of benzene rings is 5. The lowest BCUT2D eigenvalue weighted by molar-refractivity contribution is 0.483. The molecule has 0 aliphatic heterocycles. The lowest BCUT2D eigenvalue weighted by atomic mass is 10.0. The summed E-state index contributed by atoms with van der Waals surface area (Å²) in [4.78, 5) is 9.68. The van der Waals surface area contributed by atoms with Crippen LogP contribution >= 0.6 is 0 Å². The second-order valence-electron chi connectivity index (χ2n) is 13.1. The number of hydrogen-bond donors (Lipinski definition) is 0. The van der Waals surface area contributed by atoms with Gasteiger partial charge in [0.2, 0.25) is 0 Å². The zero-order valence-electron chi connectivity index (χ0n) is 28.6. The van der Waals surface area contributed by atoms with Crippen molar-refractivity contribution in [3.63, 3.8) is 0 Å². The first-order chi connectivity index (χ1) is 25.6. The van der Waals surface area contributed by atoms with E-state index in [2.05, 4.69) is 126 Å². The normalized spacial score (nSPS) is 11.7. The van der Waals surface area contributed by atoms with E-state index in [-0.39, 0.29) is 0 Å². The van der Waals surface area contributed by atoms with E-state index in [1.54, 1.807) is 0 Å². The van der Waals surface area contributed by atoms with Gasteiger partial charge in [-0.2, -0.15) is 5.10 Å². The Balaban J connectivity index is 1.07. The first-order valence-electron chi connectivity index (χ1n) is 17.4. The Hall–Kier alpha value is -6.99. The van der Waals surface area contributed by atoms with Crippen LogP contribution in [0, 0.1) is 13.8 Å². The summed E-state index contributed by atoms with van der Waals surface area (Å²) in [5.41, 5.74) is 10.4. The Kier molecular flexibility index (Phi) is 6.79. The molecule has 0 spiro atoms. The van der Waals surface area contributed by atoms with Crippen LogP contribution in [0.15, 0.2) is 158 Å². The molecular weight excluding hydrogens is 641 g/mol. The first-order valence-corrected chi connectivity index (χ1v) is 17.4. The van der Waals surface area contributed by atoms with Crippen LogP contribution in [0.25, 0.3) is 72.1 Å². The summed E-state index contributed by atoms with van der Waals surface area (Å²) in [5, 5.41) is 9.49. The van der Waals surface area contributed by atoms with Crippen molar-refractivity contribution in [3.8, 4) is 39.8 Å². The predicted molar refractivity (Wildman–Crippen MR) is 209 cm³/mol. The van der Waals surface area contributed by atoms with E-state index in [1.807, 2.05) is 59.5 Å². The summed E-state index contributed by atoms with van der Waals surface area (Å²) in [7, 11) is 0. The molecule has 10 rings (SSSR count). The van der Waals surface area contributed by atoms with Crippen LogP contribution < -0.4 is 4.74 Å². The Morgan fingerprint density at radius 2 is 1.19 bits per heavy atom. The lowest BCUT2D eigenvalue weighted by Gasteiger charge is -2.12. The van der Waals surface area contributed by atoms with Crippen LogP contribution in [0.5, 0.6) is 11.5 Å². The zero-order valence-corrected chi connectivity index (χ0v) is 28.6. The molecule has 0 amide bonds. The maximum atomic E-state index is 6.63. The molecule has 0 radical (unpaired) electrons. The monoisotopic (exact) mass is 672 g/mol. The summed E-state index contributed by atoms with van der Waals surface area (Å²) in [5.74, 6) is 2.30. The van der Waals surface area contributed by atoms with Crippen LogP contribution in [0.2, 0.25) is 0 Å². The molecule has 0 aliphatic rings. The van der Waals surface area contributed by atoms with E-state index >= 15 is 0 Å². The van der Waals surface area contributed by atoms with Crippen molar-refractivity contribution >= 4 is 43.7 Å². The number of rotatable bonds is 6. The zero-order chi connectivity index (χ0) is 34.8.